The van der Waals surface area contributed by atoms with Crippen LogP contribution in [0.25, 0.3) is 0 Å². The van der Waals surface area contributed by atoms with Gasteiger partial charge in [0.25, 0.3) is 5.91 Å². The number of para-hydroxylation sites is 2. The Morgan fingerprint density at radius 1 is 1.13 bits per heavy atom. The Bertz CT molecular complexity index is 740. The van der Waals surface area contributed by atoms with Crippen LogP contribution in [-0.4, -0.2) is 23.2 Å². The lowest BCUT2D eigenvalue weighted by atomic mass is 10.1. The van der Waals surface area contributed by atoms with Gasteiger partial charge in [-0.25, -0.2) is 0 Å². The van der Waals surface area contributed by atoms with Gasteiger partial charge >= 0.3 is 5.69 Å². The fourth-order valence-corrected chi connectivity index (χ4v) is 1.86. The summed E-state index contributed by atoms with van der Waals surface area (Å²) in [6.45, 7) is 1.09. The van der Waals surface area contributed by atoms with Crippen molar-refractivity contribution in [2.45, 2.75) is 6.92 Å². The molecule has 7 heteroatoms. The number of nitro groups is 1. The van der Waals surface area contributed by atoms with Gasteiger partial charge in [-0.05, 0) is 37.3 Å². The van der Waals surface area contributed by atoms with Gasteiger partial charge in [0.05, 0.1) is 4.92 Å². The molecule has 2 rings (SSSR count). The molecule has 0 saturated heterocycles. The summed E-state index contributed by atoms with van der Waals surface area (Å²) in [5.74, 6) is -0.499. The molecule has 0 aromatic heterocycles. The van der Waals surface area contributed by atoms with E-state index in [-0.39, 0.29) is 23.8 Å². The predicted molar refractivity (Wildman–Crippen MR) is 83.7 cm³/mol. The number of hydrogen-bond donors (Lipinski definition) is 1. The maximum absolute atomic E-state index is 11.8. The van der Waals surface area contributed by atoms with Crippen LogP contribution < -0.4 is 10.1 Å². The molecule has 0 heterocycles. The monoisotopic (exact) mass is 314 g/mol. The summed E-state index contributed by atoms with van der Waals surface area (Å²) in [4.78, 5) is 33.2. The first kappa shape index (κ1) is 16.2. The number of carbonyl (C=O) groups excluding carboxylic acids is 2. The Hall–Kier alpha value is -3.22. The molecule has 2 aromatic rings. The van der Waals surface area contributed by atoms with Crippen molar-refractivity contribution >= 4 is 23.1 Å². The minimum Gasteiger partial charge on any atom is -0.477 e. The summed E-state index contributed by atoms with van der Waals surface area (Å²) in [5.41, 5.74) is 0.844. The van der Waals surface area contributed by atoms with Crippen molar-refractivity contribution in [3.8, 4) is 5.75 Å². The fraction of sp³-hybridized carbons (Fsp3) is 0.125. The number of nitrogens with zero attached hydrogens (tertiary/aromatic N) is 1. The molecule has 0 atom stereocenters. The molecule has 118 valence electrons. The van der Waals surface area contributed by atoms with E-state index in [2.05, 4.69) is 5.32 Å². The third-order valence-corrected chi connectivity index (χ3v) is 3.00. The van der Waals surface area contributed by atoms with Crippen molar-refractivity contribution in [2.24, 2.45) is 0 Å². The van der Waals surface area contributed by atoms with Crippen LogP contribution in [0.15, 0.2) is 48.5 Å². The van der Waals surface area contributed by atoms with Gasteiger partial charge < -0.3 is 10.1 Å². The molecule has 1 amide bonds. The van der Waals surface area contributed by atoms with Gasteiger partial charge in [0, 0.05) is 17.3 Å². The molecule has 1 N–H and O–H groups in total. The molecular weight excluding hydrogens is 300 g/mol. The van der Waals surface area contributed by atoms with Crippen LogP contribution in [0.4, 0.5) is 11.4 Å². The topological polar surface area (TPSA) is 98.5 Å². The number of hydrogen-bond acceptors (Lipinski definition) is 5. The third-order valence-electron chi connectivity index (χ3n) is 3.00. The van der Waals surface area contributed by atoms with Gasteiger partial charge in [0.1, 0.15) is 0 Å². The van der Waals surface area contributed by atoms with Crippen molar-refractivity contribution in [2.75, 3.05) is 11.9 Å². The third kappa shape index (κ3) is 4.37. The van der Waals surface area contributed by atoms with E-state index in [9.17, 15) is 19.7 Å². The van der Waals surface area contributed by atoms with E-state index < -0.39 is 10.8 Å². The maximum Gasteiger partial charge on any atom is 0.310 e. The van der Waals surface area contributed by atoms with E-state index in [1.807, 2.05) is 0 Å². The van der Waals surface area contributed by atoms with E-state index in [0.29, 0.717) is 11.3 Å². The Balaban J connectivity index is 1.95. The average Bonchev–Trinajstić information content (AvgIpc) is 2.53. The van der Waals surface area contributed by atoms with Gasteiger partial charge in [0.15, 0.2) is 18.1 Å². The second-order valence-electron chi connectivity index (χ2n) is 4.70. The smallest absolute Gasteiger partial charge is 0.310 e. The van der Waals surface area contributed by atoms with Crippen molar-refractivity contribution in [1.29, 1.82) is 0 Å². The lowest BCUT2D eigenvalue weighted by molar-refractivity contribution is -0.385. The number of nitrogens with one attached hydrogen (secondary N) is 1. The molecule has 23 heavy (non-hydrogen) atoms. The number of ether oxygens (including phenoxy) is 1. The predicted octanol–water partition coefficient (Wildman–Crippen LogP) is 2.81. The van der Waals surface area contributed by atoms with Crippen molar-refractivity contribution in [3.63, 3.8) is 0 Å². The number of nitro benzene ring substituents is 1. The van der Waals surface area contributed by atoms with Gasteiger partial charge in [-0.15, -0.1) is 0 Å². The van der Waals surface area contributed by atoms with Crippen LogP contribution in [0.5, 0.6) is 5.75 Å². The summed E-state index contributed by atoms with van der Waals surface area (Å²) in [6, 6.07) is 12.2. The van der Waals surface area contributed by atoms with Gasteiger partial charge in [-0.2, -0.15) is 0 Å². The first-order chi connectivity index (χ1) is 11.0. The van der Waals surface area contributed by atoms with Crippen LogP contribution in [0.3, 0.4) is 0 Å². The molecule has 2 aromatic carbocycles. The standard InChI is InChI=1S/C16H14N2O5/c1-11(19)12-6-8-13(9-7-12)17-16(20)10-23-15-5-3-2-4-14(15)18(21)22/h2-9H,10H2,1H3,(H,17,20). The van der Waals surface area contributed by atoms with Gasteiger partial charge in [0.2, 0.25) is 0 Å². The minimum atomic E-state index is -0.576. The van der Waals surface area contributed by atoms with Crippen molar-refractivity contribution in [3.05, 3.63) is 64.2 Å². The normalized spacial score (nSPS) is 9.96. The number of anilines is 1. The molecule has 0 aliphatic rings. The van der Waals surface area contributed by atoms with Crippen LogP contribution in [0, 0.1) is 10.1 Å². The molecule has 0 fully saturated rings. The zero-order chi connectivity index (χ0) is 16.8. The SMILES string of the molecule is CC(=O)c1ccc(NC(=O)COc2ccccc2[N+](=O)[O-])cc1. The molecule has 7 nitrogen and oxygen atoms in total. The van der Waals surface area contributed by atoms with E-state index >= 15 is 0 Å². The Kier molecular flexibility index (Phi) is 5.03. The second-order valence-corrected chi connectivity index (χ2v) is 4.70. The molecular formula is C16H14N2O5. The number of ketones is 1. The molecule has 0 spiro atoms. The van der Waals surface area contributed by atoms with E-state index in [1.165, 1.54) is 25.1 Å². The van der Waals surface area contributed by atoms with E-state index in [0.717, 1.165) is 0 Å². The molecule has 0 saturated carbocycles. The van der Waals surface area contributed by atoms with Gasteiger partial charge in [-0.3, -0.25) is 19.7 Å². The lowest BCUT2D eigenvalue weighted by Gasteiger charge is -2.08. The Labute approximate surface area is 132 Å². The first-order valence-corrected chi connectivity index (χ1v) is 6.74. The van der Waals surface area contributed by atoms with Crippen LogP contribution in [-0.2, 0) is 4.79 Å². The largest absolute Gasteiger partial charge is 0.477 e. The second kappa shape index (κ2) is 7.17. The van der Waals surface area contributed by atoms with Crippen molar-refractivity contribution < 1.29 is 19.2 Å². The highest BCUT2D eigenvalue weighted by Gasteiger charge is 2.15. The summed E-state index contributed by atoms with van der Waals surface area (Å²) in [7, 11) is 0. The van der Waals surface area contributed by atoms with Crippen molar-refractivity contribution in [1.82, 2.24) is 0 Å². The van der Waals surface area contributed by atoms with Crippen LogP contribution in [0.1, 0.15) is 17.3 Å². The summed E-state index contributed by atoms with van der Waals surface area (Å²) >= 11 is 0. The highest BCUT2D eigenvalue weighted by molar-refractivity contribution is 5.95. The molecule has 0 aliphatic heterocycles. The minimum absolute atomic E-state index is 0.0274. The average molecular weight is 314 g/mol. The zero-order valence-corrected chi connectivity index (χ0v) is 12.3. The Morgan fingerprint density at radius 2 is 1.78 bits per heavy atom. The van der Waals surface area contributed by atoms with E-state index in [4.69, 9.17) is 4.74 Å². The number of amides is 1. The fourth-order valence-electron chi connectivity index (χ4n) is 1.86. The quantitative estimate of drug-likeness (QED) is 0.502. The summed E-state index contributed by atoms with van der Waals surface area (Å²) < 4.78 is 5.19. The first-order valence-electron chi connectivity index (χ1n) is 6.74. The van der Waals surface area contributed by atoms with Gasteiger partial charge in [-0.1, -0.05) is 12.1 Å². The molecule has 0 aliphatic carbocycles. The van der Waals surface area contributed by atoms with E-state index in [1.54, 1.807) is 30.3 Å². The van der Waals surface area contributed by atoms with Crippen LogP contribution >= 0.6 is 0 Å². The molecule has 0 radical (unpaired) electrons. The molecule has 0 bridgehead atoms. The van der Waals surface area contributed by atoms with Crippen LogP contribution in [0.2, 0.25) is 0 Å². The number of benzene rings is 2. The maximum atomic E-state index is 11.8. The molecule has 0 unspecified atom stereocenters. The number of rotatable bonds is 6. The number of carbonyl (C=O) groups is 2. The zero-order valence-electron chi connectivity index (χ0n) is 12.3. The summed E-state index contributed by atoms with van der Waals surface area (Å²) in [5, 5.41) is 13.4. The highest BCUT2D eigenvalue weighted by Crippen LogP contribution is 2.25. The highest BCUT2D eigenvalue weighted by atomic mass is 16.6. The lowest BCUT2D eigenvalue weighted by Crippen LogP contribution is -2.20. The Morgan fingerprint density at radius 3 is 2.39 bits per heavy atom. The summed E-state index contributed by atoms with van der Waals surface area (Å²) in [6.07, 6.45) is 0. The number of Topliss-reactive ketones (excluding diaryl/α,β-unsaturated/α-hetero) is 1.